The summed E-state index contributed by atoms with van der Waals surface area (Å²) in [4.78, 5) is 3.82. The molecule has 0 saturated carbocycles. The highest BCUT2D eigenvalue weighted by atomic mass is 79.9. The summed E-state index contributed by atoms with van der Waals surface area (Å²) in [5.41, 5.74) is 0.635. The van der Waals surface area contributed by atoms with Crippen LogP contribution in [-0.4, -0.2) is 10.1 Å². The van der Waals surface area contributed by atoms with Crippen molar-refractivity contribution in [2.75, 3.05) is 0 Å². The molecule has 0 saturated heterocycles. The van der Waals surface area contributed by atoms with Gasteiger partial charge in [0.15, 0.2) is 0 Å². The number of aliphatic hydroxyl groups is 1. The molecule has 62 valence electrons. The Morgan fingerprint density at radius 3 is 2.64 bits per heavy atom. The maximum atomic E-state index is 8.70. The Kier molecular flexibility index (Phi) is 5.01. The Morgan fingerprint density at radius 2 is 2.18 bits per heavy atom. The molecule has 0 atom stereocenters. The van der Waals surface area contributed by atoms with E-state index in [1.807, 2.05) is 0 Å². The summed E-state index contributed by atoms with van der Waals surface area (Å²) >= 11 is 8.93. The number of halogens is 3. The highest BCUT2D eigenvalue weighted by Gasteiger charge is 2.01. The van der Waals surface area contributed by atoms with Gasteiger partial charge in [0.2, 0.25) is 0 Å². The number of hydrogen-bond donors (Lipinski definition) is 1. The van der Waals surface area contributed by atoms with Crippen LogP contribution in [-0.2, 0) is 6.61 Å². The predicted octanol–water partition coefficient (Wildman–Crippen LogP) is 2.41. The predicted molar refractivity (Wildman–Crippen MR) is 50.1 cm³/mol. The number of pyridine rings is 1. The molecular formula is C6H6BrCl2NO. The van der Waals surface area contributed by atoms with E-state index in [1.54, 1.807) is 6.20 Å². The van der Waals surface area contributed by atoms with E-state index in [0.29, 0.717) is 15.1 Å². The molecule has 0 amide bonds. The topological polar surface area (TPSA) is 33.1 Å². The summed E-state index contributed by atoms with van der Waals surface area (Å²) in [6.07, 6.45) is 3.12. The van der Waals surface area contributed by atoms with E-state index in [9.17, 15) is 0 Å². The minimum Gasteiger partial charge on any atom is -0.392 e. The van der Waals surface area contributed by atoms with Crippen LogP contribution >= 0.6 is 39.9 Å². The quantitative estimate of drug-likeness (QED) is 0.839. The third-order valence-corrected chi connectivity index (χ3v) is 2.36. The lowest BCUT2D eigenvalue weighted by molar-refractivity contribution is 0.281. The van der Waals surface area contributed by atoms with Gasteiger partial charge < -0.3 is 5.11 Å². The van der Waals surface area contributed by atoms with Crippen LogP contribution in [0.2, 0.25) is 5.02 Å². The standard InChI is InChI=1S/C6H5BrClNO.ClH/c7-5-2-9-1-4(3-10)6(5)8;/h1-2,10H,3H2;1H. The molecule has 0 bridgehead atoms. The van der Waals surface area contributed by atoms with Crippen LogP contribution < -0.4 is 0 Å². The van der Waals surface area contributed by atoms with Crippen molar-refractivity contribution in [1.82, 2.24) is 4.98 Å². The Balaban J connectivity index is 0.000001000. The summed E-state index contributed by atoms with van der Waals surface area (Å²) in [7, 11) is 0. The summed E-state index contributed by atoms with van der Waals surface area (Å²) in [5.74, 6) is 0. The number of hydrogen-bond acceptors (Lipinski definition) is 2. The van der Waals surface area contributed by atoms with Crippen LogP contribution in [0.15, 0.2) is 16.9 Å². The van der Waals surface area contributed by atoms with Gasteiger partial charge in [0.25, 0.3) is 0 Å². The van der Waals surface area contributed by atoms with Gasteiger partial charge in [0.05, 0.1) is 16.1 Å². The Morgan fingerprint density at radius 1 is 1.55 bits per heavy atom. The van der Waals surface area contributed by atoms with E-state index in [2.05, 4.69) is 20.9 Å². The van der Waals surface area contributed by atoms with Crippen LogP contribution in [0.4, 0.5) is 0 Å². The molecule has 2 nitrogen and oxygen atoms in total. The van der Waals surface area contributed by atoms with Crippen molar-refractivity contribution in [2.45, 2.75) is 6.61 Å². The second kappa shape index (κ2) is 4.93. The van der Waals surface area contributed by atoms with Crippen molar-refractivity contribution in [3.8, 4) is 0 Å². The molecule has 1 N–H and O–H groups in total. The maximum absolute atomic E-state index is 8.70. The van der Waals surface area contributed by atoms with E-state index in [-0.39, 0.29) is 19.0 Å². The van der Waals surface area contributed by atoms with Crippen molar-refractivity contribution in [3.05, 3.63) is 27.5 Å². The first-order valence-electron chi connectivity index (χ1n) is 2.64. The summed E-state index contributed by atoms with van der Waals surface area (Å²) in [6, 6.07) is 0. The van der Waals surface area contributed by atoms with Crippen molar-refractivity contribution >= 4 is 39.9 Å². The molecule has 0 spiro atoms. The molecule has 5 heteroatoms. The molecule has 0 aliphatic rings. The highest BCUT2D eigenvalue weighted by Crippen LogP contribution is 2.24. The number of aliphatic hydroxyl groups excluding tert-OH is 1. The zero-order valence-electron chi connectivity index (χ0n) is 5.42. The second-order valence-corrected chi connectivity index (χ2v) is 2.98. The van der Waals surface area contributed by atoms with E-state index in [0.717, 1.165) is 0 Å². The third kappa shape index (κ3) is 2.60. The van der Waals surface area contributed by atoms with Gasteiger partial charge in [-0.05, 0) is 15.9 Å². The monoisotopic (exact) mass is 257 g/mol. The lowest BCUT2D eigenvalue weighted by Crippen LogP contribution is -1.86. The molecule has 11 heavy (non-hydrogen) atoms. The molecule has 1 aromatic rings. The fraction of sp³-hybridized carbons (Fsp3) is 0.167. The normalized spacial score (nSPS) is 9.00. The summed E-state index contributed by atoms with van der Waals surface area (Å²) in [5, 5.41) is 9.22. The molecule has 1 rings (SSSR count). The van der Waals surface area contributed by atoms with E-state index in [1.165, 1.54) is 6.20 Å². The first kappa shape index (κ1) is 11.2. The smallest absolute Gasteiger partial charge is 0.0712 e. The van der Waals surface area contributed by atoms with Crippen molar-refractivity contribution < 1.29 is 5.11 Å². The van der Waals surface area contributed by atoms with Gasteiger partial charge in [-0.1, -0.05) is 11.6 Å². The average Bonchev–Trinajstić information content (AvgIpc) is 1.95. The molecule has 0 radical (unpaired) electrons. The molecular weight excluding hydrogens is 253 g/mol. The van der Waals surface area contributed by atoms with Gasteiger partial charge in [-0.3, -0.25) is 4.98 Å². The highest BCUT2D eigenvalue weighted by molar-refractivity contribution is 9.10. The molecule has 0 aliphatic carbocycles. The molecule has 1 aromatic heterocycles. The van der Waals surface area contributed by atoms with Gasteiger partial charge in [-0.2, -0.15) is 0 Å². The van der Waals surface area contributed by atoms with Crippen molar-refractivity contribution in [1.29, 1.82) is 0 Å². The molecule has 0 aromatic carbocycles. The van der Waals surface area contributed by atoms with Gasteiger partial charge >= 0.3 is 0 Å². The minimum atomic E-state index is -0.0781. The molecule has 1 heterocycles. The second-order valence-electron chi connectivity index (χ2n) is 1.75. The summed E-state index contributed by atoms with van der Waals surface area (Å²) in [6.45, 7) is -0.0781. The Bertz CT molecular complexity index is 244. The maximum Gasteiger partial charge on any atom is 0.0712 e. The fourth-order valence-corrected chi connectivity index (χ4v) is 1.10. The van der Waals surface area contributed by atoms with Crippen LogP contribution in [0.1, 0.15) is 5.56 Å². The first-order valence-corrected chi connectivity index (χ1v) is 3.81. The lowest BCUT2D eigenvalue weighted by Gasteiger charge is -1.99. The SMILES string of the molecule is Cl.OCc1cncc(Br)c1Cl. The zero-order valence-corrected chi connectivity index (χ0v) is 8.58. The van der Waals surface area contributed by atoms with Crippen LogP contribution in [0, 0.1) is 0 Å². The van der Waals surface area contributed by atoms with Gasteiger partial charge in [-0.25, -0.2) is 0 Å². The van der Waals surface area contributed by atoms with Crippen LogP contribution in [0.5, 0.6) is 0 Å². The molecule has 0 fully saturated rings. The average molecular weight is 259 g/mol. The van der Waals surface area contributed by atoms with E-state index in [4.69, 9.17) is 16.7 Å². The number of rotatable bonds is 1. The summed E-state index contributed by atoms with van der Waals surface area (Å²) < 4.78 is 0.709. The Labute approximate surface area is 84.1 Å². The lowest BCUT2D eigenvalue weighted by atomic mass is 10.3. The minimum absolute atomic E-state index is 0. The molecule has 0 unspecified atom stereocenters. The van der Waals surface area contributed by atoms with Crippen molar-refractivity contribution in [2.24, 2.45) is 0 Å². The number of nitrogens with zero attached hydrogens (tertiary/aromatic N) is 1. The fourth-order valence-electron chi connectivity index (χ4n) is 0.570. The van der Waals surface area contributed by atoms with Gasteiger partial charge in [0, 0.05) is 18.0 Å². The van der Waals surface area contributed by atoms with E-state index < -0.39 is 0 Å². The van der Waals surface area contributed by atoms with Crippen LogP contribution in [0.25, 0.3) is 0 Å². The van der Waals surface area contributed by atoms with Gasteiger partial charge in [0.1, 0.15) is 0 Å². The van der Waals surface area contributed by atoms with Crippen molar-refractivity contribution in [3.63, 3.8) is 0 Å². The Hall–Kier alpha value is 0.170. The van der Waals surface area contributed by atoms with Crippen LogP contribution in [0.3, 0.4) is 0 Å². The zero-order chi connectivity index (χ0) is 7.56. The third-order valence-electron chi connectivity index (χ3n) is 1.08. The van der Waals surface area contributed by atoms with E-state index >= 15 is 0 Å². The van der Waals surface area contributed by atoms with Gasteiger partial charge in [-0.15, -0.1) is 12.4 Å². The largest absolute Gasteiger partial charge is 0.392 e. The molecule has 0 aliphatic heterocycles. The number of aromatic nitrogens is 1. The first-order chi connectivity index (χ1) is 4.75.